The lowest BCUT2D eigenvalue weighted by Crippen LogP contribution is -2.56. The molecule has 0 aliphatic carbocycles. The fraction of sp³-hybridized carbons (Fsp3) is 0.714. The summed E-state index contributed by atoms with van der Waals surface area (Å²) in [7, 11) is 0. The Hall–Kier alpha value is -0.840. The second-order valence-electron chi connectivity index (χ2n) is 5.12. The Bertz CT molecular complexity index is 340. The number of hydrogen-bond acceptors (Lipinski definition) is 4. The summed E-state index contributed by atoms with van der Waals surface area (Å²) in [5.74, 6) is 6.77. The van der Waals surface area contributed by atoms with Crippen LogP contribution >= 0.6 is 0 Å². The average Bonchev–Trinajstić information content (AvgIpc) is 3.08. The first kappa shape index (κ1) is 13.6. The molecular weight excluding hydrogens is 226 g/mol. The molecule has 0 bridgehead atoms. The standard InChI is InChI=1S/C14H25N3O/c1-3-14(4-2,17-9-5-6-10-17)13(16-15)12-8-7-11-18-12/h7-8,11,13,16H,3-6,9-10,15H2,1-2H3. The Morgan fingerprint density at radius 3 is 2.50 bits per heavy atom. The van der Waals surface area contributed by atoms with Crippen LogP contribution in [0, 0.1) is 0 Å². The SMILES string of the molecule is CCC(CC)(C(NN)c1ccco1)N1CCCC1. The molecule has 4 heteroatoms. The van der Waals surface area contributed by atoms with E-state index >= 15 is 0 Å². The van der Waals surface area contributed by atoms with Gasteiger partial charge >= 0.3 is 0 Å². The lowest BCUT2D eigenvalue weighted by atomic mass is 9.81. The topological polar surface area (TPSA) is 54.4 Å². The molecule has 18 heavy (non-hydrogen) atoms. The third kappa shape index (κ3) is 2.20. The number of rotatable bonds is 6. The van der Waals surface area contributed by atoms with E-state index in [9.17, 15) is 0 Å². The van der Waals surface area contributed by atoms with E-state index in [0.717, 1.165) is 18.6 Å². The smallest absolute Gasteiger partial charge is 0.123 e. The molecule has 1 atom stereocenters. The van der Waals surface area contributed by atoms with E-state index in [1.807, 2.05) is 12.1 Å². The van der Waals surface area contributed by atoms with Crippen LogP contribution in [0.5, 0.6) is 0 Å². The summed E-state index contributed by atoms with van der Waals surface area (Å²) in [6.45, 7) is 6.82. The highest BCUT2D eigenvalue weighted by molar-refractivity contribution is 5.13. The highest BCUT2D eigenvalue weighted by Crippen LogP contribution is 2.39. The minimum absolute atomic E-state index is 0.0561. The van der Waals surface area contributed by atoms with Gasteiger partial charge in [-0.2, -0.15) is 0 Å². The number of hydrogen-bond donors (Lipinski definition) is 2. The molecule has 2 rings (SSSR count). The highest BCUT2D eigenvalue weighted by atomic mass is 16.3. The third-order valence-corrected chi connectivity index (χ3v) is 4.49. The molecule has 0 saturated carbocycles. The number of nitrogens with zero attached hydrogens (tertiary/aromatic N) is 1. The average molecular weight is 251 g/mol. The molecule has 2 heterocycles. The van der Waals surface area contributed by atoms with Crippen molar-refractivity contribution in [2.45, 2.75) is 51.1 Å². The van der Waals surface area contributed by atoms with Gasteiger partial charge in [0.25, 0.3) is 0 Å². The molecule has 1 aromatic heterocycles. The molecule has 1 aromatic rings. The molecule has 4 nitrogen and oxygen atoms in total. The van der Waals surface area contributed by atoms with Crippen molar-refractivity contribution >= 4 is 0 Å². The van der Waals surface area contributed by atoms with Crippen molar-refractivity contribution in [2.75, 3.05) is 13.1 Å². The summed E-state index contributed by atoms with van der Waals surface area (Å²) in [4.78, 5) is 2.58. The van der Waals surface area contributed by atoms with Gasteiger partial charge in [-0.25, -0.2) is 5.43 Å². The van der Waals surface area contributed by atoms with Crippen LogP contribution in [0.1, 0.15) is 51.3 Å². The van der Waals surface area contributed by atoms with E-state index in [4.69, 9.17) is 10.3 Å². The summed E-state index contributed by atoms with van der Waals surface area (Å²) >= 11 is 0. The largest absolute Gasteiger partial charge is 0.468 e. The Morgan fingerprint density at radius 2 is 2.06 bits per heavy atom. The van der Waals surface area contributed by atoms with E-state index in [2.05, 4.69) is 24.2 Å². The van der Waals surface area contributed by atoms with Crippen molar-refractivity contribution < 1.29 is 4.42 Å². The molecule has 3 N–H and O–H groups in total. The second kappa shape index (κ2) is 5.87. The van der Waals surface area contributed by atoms with Crippen molar-refractivity contribution in [2.24, 2.45) is 5.84 Å². The van der Waals surface area contributed by atoms with Crippen LogP contribution < -0.4 is 11.3 Å². The van der Waals surface area contributed by atoms with Gasteiger partial charge in [0.2, 0.25) is 0 Å². The number of likely N-dealkylation sites (tertiary alicyclic amines) is 1. The second-order valence-corrected chi connectivity index (χ2v) is 5.12. The van der Waals surface area contributed by atoms with Crippen molar-refractivity contribution in [3.8, 4) is 0 Å². The van der Waals surface area contributed by atoms with E-state index in [-0.39, 0.29) is 11.6 Å². The first-order chi connectivity index (χ1) is 8.78. The summed E-state index contributed by atoms with van der Waals surface area (Å²) in [5.41, 5.74) is 3.05. The molecule has 102 valence electrons. The van der Waals surface area contributed by atoms with Gasteiger partial charge in [0.1, 0.15) is 5.76 Å². The van der Waals surface area contributed by atoms with Gasteiger partial charge in [0.15, 0.2) is 0 Å². The van der Waals surface area contributed by atoms with Gasteiger partial charge in [-0.1, -0.05) is 13.8 Å². The summed E-state index contributed by atoms with van der Waals surface area (Å²) < 4.78 is 5.59. The van der Waals surface area contributed by atoms with Crippen LogP contribution in [0.3, 0.4) is 0 Å². The number of nitrogens with one attached hydrogen (secondary N) is 1. The Kier molecular flexibility index (Phi) is 4.43. The maximum Gasteiger partial charge on any atom is 0.123 e. The Morgan fingerprint density at radius 1 is 1.39 bits per heavy atom. The molecule has 0 aromatic carbocycles. The van der Waals surface area contributed by atoms with Crippen LogP contribution in [0.2, 0.25) is 0 Å². The first-order valence-electron chi connectivity index (χ1n) is 7.03. The minimum atomic E-state index is 0.0561. The van der Waals surface area contributed by atoms with Crippen LogP contribution in [0.4, 0.5) is 0 Å². The number of nitrogens with two attached hydrogens (primary N) is 1. The normalized spacial score (nSPS) is 19.3. The molecule has 1 aliphatic rings. The highest BCUT2D eigenvalue weighted by Gasteiger charge is 2.43. The lowest BCUT2D eigenvalue weighted by molar-refractivity contribution is 0.0531. The van der Waals surface area contributed by atoms with Crippen LogP contribution in [-0.2, 0) is 0 Å². The lowest BCUT2D eigenvalue weighted by Gasteiger charge is -2.45. The number of hydrazine groups is 1. The Labute approximate surface area is 109 Å². The molecule has 1 unspecified atom stereocenters. The maximum absolute atomic E-state index is 5.83. The maximum atomic E-state index is 5.83. The van der Waals surface area contributed by atoms with E-state index in [0.29, 0.717) is 0 Å². The molecule has 0 amide bonds. The van der Waals surface area contributed by atoms with Crippen molar-refractivity contribution in [1.29, 1.82) is 0 Å². The molecule has 1 fully saturated rings. The fourth-order valence-corrected chi connectivity index (χ4v) is 3.41. The zero-order valence-electron chi connectivity index (χ0n) is 11.5. The molecule has 0 radical (unpaired) electrons. The van der Waals surface area contributed by atoms with Gasteiger partial charge in [-0.05, 0) is 50.9 Å². The van der Waals surface area contributed by atoms with Crippen LogP contribution in [0.25, 0.3) is 0 Å². The van der Waals surface area contributed by atoms with Crippen LogP contribution in [-0.4, -0.2) is 23.5 Å². The van der Waals surface area contributed by atoms with Crippen molar-refractivity contribution in [3.05, 3.63) is 24.2 Å². The molecular formula is C14H25N3O. The van der Waals surface area contributed by atoms with Crippen LogP contribution in [0.15, 0.2) is 22.8 Å². The van der Waals surface area contributed by atoms with Crippen molar-refractivity contribution in [3.63, 3.8) is 0 Å². The quantitative estimate of drug-likeness (QED) is 0.602. The van der Waals surface area contributed by atoms with E-state index < -0.39 is 0 Å². The number of furan rings is 1. The monoisotopic (exact) mass is 251 g/mol. The summed E-state index contributed by atoms with van der Waals surface area (Å²) in [6.07, 6.45) is 6.44. The Balaban J connectivity index is 2.31. The fourth-order valence-electron chi connectivity index (χ4n) is 3.41. The van der Waals surface area contributed by atoms with Gasteiger partial charge in [0.05, 0.1) is 12.3 Å². The van der Waals surface area contributed by atoms with Gasteiger partial charge in [0, 0.05) is 5.54 Å². The van der Waals surface area contributed by atoms with Gasteiger partial charge in [-0.3, -0.25) is 10.7 Å². The summed E-state index contributed by atoms with van der Waals surface area (Å²) in [5, 5.41) is 0. The molecule has 0 spiro atoms. The third-order valence-electron chi connectivity index (χ3n) is 4.49. The summed E-state index contributed by atoms with van der Waals surface area (Å²) in [6, 6.07) is 4.00. The minimum Gasteiger partial charge on any atom is -0.468 e. The van der Waals surface area contributed by atoms with Gasteiger partial charge < -0.3 is 4.42 Å². The predicted octanol–water partition coefficient (Wildman–Crippen LogP) is 2.44. The van der Waals surface area contributed by atoms with E-state index in [1.165, 1.54) is 25.9 Å². The van der Waals surface area contributed by atoms with E-state index in [1.54, 1.807) is 6.26 Å². The van der Waals surface area contributed by atoms with Gasteiger partial charge in [-0.15, -0.1) is 0 Å². The zero-order chi connectivity index (χ0) is 13.0. The zero-order valence-corrected chi connectivity index (χ0v) is 11.5. The molecule has 1 saturated heterocycles. The first-order valence-corrected chi connectivity index (χ1v) is 7.03. The van der Waals surface area contributed by atoms with Crippen molar-refractivity contribution in [1.82, 2.24) is 10.3 Å². The predicted molar refractivity (Wildman–Crippen MR) is 72.9 cm³/mol. The molecule has 1 aliphatic heterocycles.